The topological polar surface area (TPSA) is 52.4 Å². The van der Waals surface area contributed by atoms with E-state index in [0.717, 1.165) is 23.3 Å². The molecule has 0 saturated carbocycles. The molecular weight excluding hydrogens is 285 g/mol. The number of halogens is 2. The molecule has 2 rings (SSSR count). The van der Waals surface area contributed by atoms with Crippen LogP contribution in [0.1, 0.15) is 11.1 Å². The van der Waals surface area contributed by atoms with Crippen molar-refractivity contribution in [1.82, 2.24) is 0 Å². The van der Waals surface area contributed by atoms with Gasteiger partial charge in [0.2, 0.25) is 0 Å². The number of nitro benzene ring substituents is 1. The second-order valence-corrected chi connectivity index (χ2v) is 4.81. The molecule has 0 spiro atoms. The molecule has 6 heteroatoms. The van der Waals surface area contributed by atoms with Gasteiger partial charge in [-0.3, -0.25) is 10.1 Å². The molecule has 0 aromatic heterocycles. The van der Waals surface area contributed by atoms with Crippen LogP contribution in [0.4, 0.5) is 10.1 Å². The number of hydrogen-bond acceptors (Lipinski definition) is 3. The highest BCUT2D eigenvalue weighted by molar-refractivity contribution is 6.30. The fraction of sp³-hybridized carbons (Fsp3) is 0.143. The van der Waals surface area contributed by atoms with Gasteiger partial charge in [0, 0.05) is 11.1 Å². The Morgan fingerprint density at radius 1 is 1.15 bits per heavy atom. The van der Waals surface area contributed by atoms with Crippen molar-refractivity contribution in [1.29, 1.82) is 0 Å². The summed E-state index contributed by atoms with van der Waals surface area (Å²) in [6, 6.07) is 6.53. The normalized spacial score (nSPS) is 10.4. The van der Waals surface area contributed by atoms with E-state index in [1.54, 1.807) is 26.0 Å². The van der Waals surface area contributed by atoms with Crippen molar-refractivity contribution >= 4 is 17.3 Å². The Balaban J connectivity index is 2.42. The molecule has 0 aliphatic heterocycles. The monoisotopic (exact) mass is 295 g/mol. The summed E-state index contributed by atoms with van der Waals surface area (Å²) < 4.78 is 18.9. The molecule has 0 fully saturated rings. The minimum Gasteiger partial charge on any atom is -0.456 e. The van der Waals surface area contributed by atoms with Gasteiger partial charge in [-0.25, -0.2) is 4.39 Å². The molecule has 0 saturated heterocycles. The van der Waals surface area contributed by atoms with Gasteiger partial charge in [0.15, 0.2) is 0 Å². The van der Waals surface area contributed by atoms with Crippen LogP contribution in [-0.2, 0) is 0 Å². The molecule has 0 N–H and O–H groups in total. The smallest absolute Gasteiger partial charge is 0.276 e. The molecule has 0 bridgehead atoms. The second-order valence-electron chi connectivity index (χ2n) is 4.37. The number of nitro groups is 1. The van der Waals surface area contributed by atoms with E-state index in [4.69, 9.17) is 16.3 Å². The van der Waals surface area contributed by atoms with Crippen LogP contribution < -0.4 is 4.74 Å². The van der Waals surface area contributed by atoms with Gasteiger partial charge in [-0.1, -0.05) is 11.6 Å². The Labute approximate surface area is 119 Å². The maximum atomic E-state index is 13.4. The van der Waals surface area contributed by atoms with E-state index in [2.05, 4.69) is 0 Å². The summed E-state index contributed by atoms with van der Waals surface area (Å²) >= 11 is 5.91. The zero-order valence-electron chi connectivity index (χ0n) is 10.8. The van der Waals surface area contributed by atoms with Crippen molar-refractivity contribution in [2.45, 2.75) is 13.8 Å². The summed E-state index contributed by atoms with van der Waals surface area (Å²) in [5.74, 6) is -0.141. The van der Waals surface area contributed by atoms with Gasteiger partial charge in [0.05, 0.1) is 17.1 Å². The molecule has 0 unspecified atom stereocenters. The summed E-state index contributed by atoms with van der Waals surface area (Å²) in [4.78, 5) is 10.0. The van der Waals surface area contributed by atoms with Crippen LogP contribution in [-0.4, -0.2) is 4.92 Å². The van der Waals surface area contributed by atoms with Crippen LogP contribution in [0.15, 0.2) is 30.3 Å². The quantitative estimate of drug-likeness (QED) is 0.604. The molecule has 0 heterocycles. The summed E-state index contributed by atoms with van der Waals surface area (Å²) in [6.45, 7) is 3.59. The number of ether oxygens (including phenoxy) is 1. The minimum atomic E-state index is -0.724. The highest BCUT2D eigenvalue weighted by Gasteiger charge is 2.13. The molecule has 2 aromatic rings. The molecule has 20 heavy (non-hydrogen) atoms. The second kappa shape index (κ2) is 5.46. The lowest BCUT2D eigenvalue weighted by Crippen LogP contribution is -1.94. The third-order valence-corrected chi connectivity index (χ3v) is 2.93. The van der Waals surface area contributed by atoms with Gasteiger partial charge in [-0.15, -0.1) is 0 Å². The first-order valence-electron chi connectivity index (χ1n) is 5.76. The first-order valence-corrected chi connectivity index (χ1v) is 6.14. The molecule has 0 atom stereocenters. The van der Waals surface area contributed by atoms with Crippen molar-refractivity contribution in [2.75, 3.05) is 0 Å². The highest BCUT2D eigenvalue weighted by Crippen LogP contribution is 2.33. The summed E-state index contributed by atoms with van der Waals surface area (Å²) in [7, 11) is 0. The summed E-state index contributed by atoms with van der Waals surface area (Å²) in [5, 5.41) is 11.3. The number of benzene rings is 2. The number of non-ortho nitro benzene ring substituents is 1. The van der Waals surface area contributed by atoms with E-state index in [9.17, 15) is 14.5 Å². The average Bonchev–Trinajstić information content (AvgIpc) is 2.33. The van der Waals surface area contributed by atoms with Gasteiger partial charge < -0.3 is 4.74 Å². The van der Waals surface area contributed by atoms with Gasteiger partial charge >= 0.3 is 0 Å². The Hall–Kier alpha value is -2.14. The SMILES string of the molecule is Cc1cc(Cl)cc(C)c1Oc1cc(F)cc([N+](=O)[O-])c1. The zero-order valence-corrected chi connectivity index (χ0v) is 11.6. The largest absolute Gasteiger partial charge is 0.456 e. The Morgan fingerprint density at radius 2 is 1.75 bits per heavy atom. The van der Waals surface area contributed by atoms with Crippen molar-refractivity contribution in [2.24, 2.45) is 0 Å². The number of nitrogens with zero attached hydrogens (tertiary/aromatic N) is 1. The Morgan fingerprint density at radius 3 is 2.30 bits per heavy atom. The summed E-state index contributed by atoms with van der Waals surface area (Å²) in [6.07, 6.45) is 0. The van der Waals surface area contributed by atoms with E-state index >= 15 is 0 Å². The minimum absolute atomic E-state index is 0.0743. The third-order valence-electron chi connectivity index (χ3n) is 2.71. The van der Waals surface area contributed by atoms with Gasteiger partial charge in [0.25, 0.3) is 5.69 Å². The molecule has 0 radical (unpaired) electrons. The average molecular weight is 296 g/mol. The third kappa shape index (κ3) is 3.05. The van der Waals surface area contributed by atoms with Gasteiger partial charge in [0.1, 0.15) is 17.3 Å². The van der Waals surface area contributed by atoms with E-state index in [1.807, 2.05) is 0 Å². The maximum Gasteiger partial charge on any atom is 0.276 e. The lowest BCUT2D eigenvalue weighted by atomic mass is 10.1. The fourth-order valence-corrected chi connectivity index (χ4v) is 2.22. The van der Waals surface area contributed by atoms with Crippen LogP contribution in [0.25, 0.3) is 0 Å². The van der Waals surface area contributed by atoms with Crippen LogP contribution in [0.2, 0.25) is 5.02 Å². The zero-order chi connectivity index (χ0) is 14.9. The van der Waals surface area contributed by atoms with Crippen molar-refractivity contribution in [3.05, 3.63) is 62.4 Å². The van der Waals surface area contributed by atoms with Crippen LogP contribution in [0.5, 0.6) is 11.5 Å². The van der Waals surface area contributed by atoms with Crippen LogP contribution in [0, 0.1) is 29.8 Å². The van der Waals surface area contributed by atoms with Crippen LogP contribution in [0.3, 0.4) is 0 Å². The molecule has 4 nitrogen and oxygen atoms in total. The molecule has 0 aliphatic rings. The fourth-order valence-electron chi connectivity index (χ4n) is 1.89. The first kappa shape index (κ1) is 14.3. The molecule has 2 aromatic carbocycles. The Bertz CT molecular complexity index is 665. The van der Waals surface area contributed by atoms with Crippen LogP contribution >= 0.6 is 11.6 Å². The lowest BCUT2D eigenvalue weighted by molar-refractivity contribution is -0.385. The first-order chi connectivity index (χ1) is 9.36. The molecule has 0 aliphatic carbocycles. The predicted molar refractivity (Wildman–Crippen MR) is 74.1 cm³/mol. The van der Waals surface area contributed by atoms with E-state index < -0.39 is 10.7 Å². The molecule has 0 amide bonds. The highest BCUT2D eigenvalue weighted by atomic mass is 35.5. The summed E-state index contributed by atoms with van der Waals surface area (Å²) in [5.41, 5.74) is 1.17. The van der Waals surface area contributed by atoms with Crippen molar-refractivity contribution < 1.29 is 14.1 Å². The van der Waals surface area contributed by atoms with E-state index in [-0.39, 0.29) is 11.4 Å². The number of hydrogen-bond donors (Lipinski definition) is 0. The van der Waals surface area contributed by atoms with E-state index in [0.29, 0.717) is 10.8 Å². The molecule has 104 valence electrons. The van der Waals surface area contributed by atoms with E-state index in [1.165, 1.54) is 6.07 Å². The Kier molecular flexibility index (Phi) is 3.90. The molecular formula is C14H11ClFNO3. The number of aryl methyl sites for hydroxylation is 2. The standard InChI is InChI=1S/C14H11ClFNO3/c1-8-3-10(15)4-9(2)14(8)20-13-6-11(16)5-12(7-13)17(18)19/h3-7H,1-2H3. The maximum absolute atomic E-state index is 13.4. The predicted octanol–water partition coefficient (Wildman–Crippen LogP) is 4.80. The van der Waals surface area contributed by atoms with Crippen molar-refractivity contribution in [3.8, 4) is 11.5 Å². The van der Waals surface area contributed by atoms with Gasteiger partial charge in [-0.05, 0) is 37.1 Å². The van der Waals surface area contributed by atoms with Gasteiger partial charge in [-0.2, -0.15) is 0 Å². The number of rotatable bonds is 3. The lowest BCUT2D eigenvalue weighted by Gasteiger charge is -2.12. The van der Waals surface area contributed by atoms with Crippen molar-refractivity contribution in [3.63, 3.8) is 0 Å².